The van der Waals surface area contributed by atoms with Crippen molar-refractivity contribution in [2.45, 2.75) is 6.04 Å². The summed E-state index contributed by atoms with van der Waals surface area (Å²) in [7, 11) is 1.71. The number of halogens is 1. The first-order valence-corrected chi connectivity index (χ1v) is 5.03. The van der Waals surface area contributed by atoms with Crippen LogP contribution in [0, 0.1) is 0 Å². The summed E-state index contributed by atoms with van der Waals surface area (Å²) in [6.45, 7) is 0. The molecule has 0 spiro atoms. The highest BCUT2D eigenvalue weighted by Crippen LogP contribution is 2.24. The second-order valence-electron chi connectivity index (χ2n) is 2.29. The molecule has 1 rings (SSSR count). The van der Waals surface area contributed by atoms with Crippen molar-refractivity contribution in [3.63, 3.8) is 0 Å². The van der Waals surface area contributed by atoms with Gasteiger partial charge in [-0.05, 0) is 29.0 Å². The van der Waals surface area contributed by atoms with Gasteiger partial charge in [0.05, 0.1) is 0 Å². The van der Waals surface area contributed by atoms with Crippen LogP contribution in [-0.4, -0.2) is 13.0 Å². The molecule has 66 valence electrons. The van der Waals surface area contributed by atoms with Crippen LogP contribution in [0.4, 0.5) is 0 Å². The largest absolute Gasteiger partial charge is 0.368 e. The lowest BCUT2D eigenvalue weighted by atomic mass is 10.2. The van der Waals surface area contributed by atoms with E-state index in [1.54, 1.807) is 7.05 Å². The van der Waals surface area contributed by atoms with Crippen LogP contribution < -0.4 is 11.1 Å². The molecule has 1 amide bonds. The van der Waals surface area contributed by atoms with Crippen LogP contribution in [0.15, 0.2) is 15.9 Å². The number of primary amides is 1. The van der Waals surface area contributed by atoms with Crippen LogP contribution in [0.5, 0.6) is 0 Å². The molecule has 0 aliphatic rings. The Labute approximate surface area is 83.1 Å². The molecule has 1 aromatic heterocycles. The maximum absolute atomic E-state index is 10.9. The number of hydrogen-bond acceptors (Lipinski definition) is 3. The molecule has 0 saturated carbocycles. The first kappa shape index (κ1) is 9.70. The van der Waals surface area contributed by atoms with E-state index in [0.717, 1.165) is 9.35 Å². The molecule has 1 atom stereocenters. The summed E-state index contributed by atoms with van der Waals surface area (Å²) in [6.07, 6.45) is 0. The van der Waals surface area contributed by atoms with Gasteiger partial charge in [-0.1, -0.05) is 0 Å². The molecule has 5 heteroatoms. The van der Waals surface area contributed by atoms with Gasteiger partial charge in [0.15, 0.2) is 0 Å². The van der Waals surface area contributed by atoms with Crippen molar-refractivity contribution in [2.24, 2.45) is 5.73 Å². The van der Waals surface area contributed by atoms with E-state index in [0.29, 0.717) is 0 Å². The standard InChI is InChI=1S/C7H9BrN2OS/c1-10-6(7(9)11)5-2-4(8)3-12-5/h2-3,6,10H,1H3,(H2,9,11). The Morgan fingerprint density at radius 3 is 2.83 bits per heavy atom. The monoisotopic (exact) mass is 248 g/mol. The van der Waals surface area contributed by atoms with Gasteiger partial charge in [-0.3, -0.25) is 4.79 Å². The van der Waals surface area contributed by atoms with E-state index < -0.39 is 0 Å². The topological polar surface area (TPSA) is 55.1 Å². The van der Waals surface area contributed by atoms with Crippen LogP contribution in [0.2, 0.25) is 0 Å². The Balaban J connectivity index is 2.87. The van der Waals surface area contributed by atoms with Gasteiger partial charge in [0.25, 0.3) is 0 Å². The zero-order valence-electron chi connectivity index (χ0n) is 6.50. The van der Waals surface area contributed by atoms with Gasteiger partial charge in [0, 0.05) is 14.7 Å². The number of rotatable bonds is 3. The number of amides is 1. The molecule has 1 unspecified atom stereocenters. The molecular weight excluding hydrogens is 240 g/mol. The lowest BCUT2D eigenvalue weighted by Crippen LogP contribution is -2.30. The minimum Gasteiger partial charge on any atom is -0.368 e. The zero-order valence-corrected chi connectivity index (χ0v) is 8.91. The Bertz CT molecular complexity index is 287. The highest BCUT2D eigenvalue weighted by atomic mass is 79.9. The number of likely N-dealkylation sites (N-methyl/N-ethyl adjacent to an activating group) is 1. The summed E-state index contributed by atoms with van der Waals surface area (Å²) < 4.78 is 0.976. The molecule has 0 bridgehead atoms. The molecule has 0 saturated heterocycles. The van der Waals surface area contributed by atoms with Gasteiger partial charge >= 0.3 is 0 Å². The van der Waals surface area contributed by atoms with Crippen molar-refractivity contribution in [1.82, 2.24) is 5.32 Å². The first-order valence-electron chi connectivity index (χ1n) is 3.35. The zero-order chi connectivity index (χ0) is 9.14. The fraction of sp³-hybridized carbons (Fsp3) is 0.286. The molecule has 0 fully saturated rings. The normalized spacial score (nSPS) is 12.8. The van der Waals surface area contributed by atoms with E-state index in [1.807, 2.05) is 11.4 Å². The number of nitrogens with two attached hydrogens (primary N) is 1. The van der Waals surface area contributed by atoms with E-state index in [9.17, 15) is 4.79 Å². The van der Waals surface area contributed by atoms with Crippen LogP contribution in [0.1, 0.15) is 10.9 Å². The summed E-state index contributed by atoms with van der Waals surface area (Å²) in [5, 5.41) is 4.77. The number of hydrogen-bond donors (Lipinski definition) is 2. The van der Waals surface area contributed by atoms with Gasteiger partial charge in [0.1, 0.15) is 6.04 Å². The minimum atomic E-state index is -0.374. The van der Waals surface area contributed by atoms with E-state index >= 15 is 0 Å². The predicted molar refractivity (Wildman–Crippen MR) is 53.0 cm³/mol. The third kappa shape index (κ3) is 2.06. The third-order valence-electron chi connectivity index (χ3n) is 1.45. The average molecular weight is 249 g/mol. The van der Waals surface area contributed by atoms with Gasteiger partial charge in [-0.2, -0.15) is 0 Å². The number of carbonyl (C=O) groups excluding carboxylic acids is 1. The van der Waals surface area contributed by atoms with Crippen molar-refractivity contribution in [2.75, 3.05) is 7.05 Å². The third-order valence-corrected chi connectivity index (χ3v) is 3.20. The molecular formula is C7H9BrN2OS. The van der Waals surface area contributed by atoms with E-state index in [-0.39, 0.29) is 11.9 Å². The summed E-state index contributed by atoms with van der Waals surface area (Å²) in [5.74, 6) is -0.355. The van der Waals surface area contributed by atoms with E-state index in [1.165, 1.54) is 11.3 Å². The molecule has 3 N–H and O–H groups in total. The molecule has 0 radical (unpaired) electrons. The van der Waals surface area contributed by atoms with Gasteiger partial charge < -0.3 is 11.1 Å². The van der Waals surface area contributed by atoms with Gasteiger partial charge in [-0.25, -0.2) is 0 Å². The van der Waals surface area contributed by atoms with Gasteiger partial charge in [0.2, 0.25) is 5.91 Å². The molecule has 12 heavy (non-hydrogen) atoms. The summed E-state index contributed by atoms with van der Waals surface area (Å²) in [6, 6.07) is 1.51. The Kier molecular flexibility index (Phi) is 3.25. The highest BCUT2D eigenvalue weighted by molar-refractivity contribution is 9.10. The van der Waals surface area contributed by atoms with Crippen LogP contribution in [-0.2, 0) is 4.79 Å². The Hall–Kier alpha value is -0.390. The SMILES string of the molecule is CNC(C(N)=O)c1cc(Br)cs1. The van der Waals surface area contributed by atoms with Crippen LogP contribution >= 0.6 is 27.3 Å². The lowest BCUT2D eigenvalue weighted by Gasteiger charge is -2.08. The second-order valence-corrected chi connectivity index (χ2v) is 4.15. The van der Waals surface area contributed by atoms with Crippen molar-refractivity contribution >= 4 is 33.2 Å². The Morgan fingerprint density at radius 1 is 1.83 bits per heavy atom. The Morgan fingerprint density at radius 2 is 2.50 bits per heavy atom. The maximum Gasteiger partial charge on any atom is 0.239 e. The molecule has 0 aromatic carbocycles. The number of thiophene rings is 1. The highest BCUT2D eigenvalue weighted by Gasteiger charge is 2.16. The average Bonchev–Trinajstić information content (AvgIpc) is 2.37. The van der Waals surface area contributed by atoms with Crippen molar-refractivity contribution in [3.8, 4) is 0 Å². The molecule has 0 aliphatic heterocycles. The van der Waals surface area contributed by atoms with Crippen molar-refractivity contribution in [1.29, 1.82) is 0 Å². The predicted octanol–water partition coefficient (Wildman–Crippen LogP) is 1.26. The van der Waals surface area contributed by atoms with E-state index in [4.69, 9.17) is 5.73 Å². The first-order chi connectivity index (χ1) is 5.65. The van der Waals surface area contributed by atoms with Crippen molar-refractivity contribution in [3.05, 3.63) is 20.8 Å². The summed E-state index contributed by atoms with van der Waals surface area (Å²) in [5.41, 5.74) is 5.18. The number of nitrogens with one attached hydrogen (secondary N) is 1. The minimum absolute atomic E-state index is 0.355. The van der Waals surface area contributed by atoms with E-state index in [2.05, 4.69) is 21.2 Å². The van der Waals surface area contributed by atoms with Crippen LogP contribution in [0.25, 0.3) is 0 Å². The molecule has 3 nitrogen and oxygen atoms in total. The lowest BCUT2D eigenvalue weighted by molar-refractivity contribution is -0.119. The maximum atomic E-state index is 10.9. The van der Waals surface area contributed by atoms with Crippen LogP contribution in [0.3, 0.4) is 0 Å². The molecule has 1 aromatic rings. The fourth-order valence-corrected chi connectivity index (χ4v) is 2.46. The van der Waals surface area contributed by atoms with Crippen molar-refractivity contribution < 1.29 is 4.79 Å². The summed E-state index contributed by atoms with van der Waals surface area (Å²) >= 11 is 4.81. The van der Waals surface area contributed by atoms with Gasteiger partial charge in [-0.15, -0.1) is 11.3 Å². The summed E-state index contributed by atoms with van der Waals surface area (Å²) in [4.78, 5) is 11.8. The quantitative estimate of drug-likeness (QED) is 0.847. The number of carbonyl (C=O) groups is 1. The molecule has 0 aliphatic carbocycles. The molecule has 1 heterocycles. The smallest absolute Gasteiger partial charge is 0.239 e. The second kappa shape index (κ2) is 4.02. The fourth-order valence-electron chi connectivity index (χ4n) is 0.904.